The van der Waals surface area contributed by atoms with Crippen molar-refractivity contribution in [1.29, 1.82) is 0 Å². The van der Waals surface area contributed by atoms with Crippen molar-refractivity contribution in [3.8, 4) is 0 Å². The standard InChI is InChI=1S/C11H18N4O/c12-9-1-3-10(4-2-9)14-11(16)7-15-6-5-13-8-15/h5-6,8-10H,1-4,7,12H2,(H,14,16). The van der Waals surface area contributed by atoms with Gasteiger partial charge in [-0.2, -0.15) is 0 Å². The van der Waals surface area contributed by atoms with Gasteiger partial charge in [0.15, 0.2) is 0 Å². The normalized spacial score (nSPS) is 25.3. The first-order valence-electron chi connectivity index (χ1n) is 5.75. The average molecular weight is 222 g/mol. The molecule has 1 heterocycles. The van der Waals surface area contributed by atoms with Gasteiger partial charge in [-0.15, -0.1) is 0 Å². The fourth-order valence-electron chi connectivity index (χ4n) is 2.08. The summed E-state index contributed by atoms with van der Waals surface area (Å²) in [6, 6.07) is 0.623. The summed E-state index contributed by atoms with van der Waals surface area (Å²) in [6.45, 7) is 0.350. The summed E-state index contributed by atoms with van der Waals surface area (Å²) in [6.07, 6.45) is 9.12. The monoisotopic (exact) mass is 222 g/mol. The summed E-state index contributed by atoms with van der Waals surface area (Å²) in [5.41, 5.74) is 5.81. The highest BCUT2D eigenvalue weighted by atomic mass is 16.2. The number of aromatic nitrogens is 2. The fourth-order valence-corrected chi connectivity index (χ4v) is 2.08. The van der Waals surface area contributed by atoms with Gasteiger partial charge in [0.25, 0.3) is 0 Å². The fraction of sp³-hybridized carbons (Fsp3) is 0.636. The number of nitrogens with one attached hydrogen (secondary N) is 1. The van der Waals surface area contributed by atoms with Gasteiger partial charge >= 0.3 is 0 Å². The molecule has 5 heteroatoms. The van der Waals surface area contributed by atoms with Crippen molar-refractivity contribution in [1.82, 2.24) is 14.9 Å². The van der Waals surface area contributed by atoms with Crippen molar-refractivity contribution in [2.75, 3.05) is 0 Å². The Bertz CT molecular complexity index is 328. The molecule has 1 aliphatic rings. The maximum absolute atomic E-state index is 11.7. The second-order valence-electron chi connectivity index (χ2n) is 4.41. The lowest BCUT2D eigenvalue weighted by Crippen LogP contribution is -2.41. The Hall–Kier alpha value is -1.36. The third-order valence-electron chi connectivity index (χ3n) is 3.02. The first kappa shape index (κ1) is 11.1. The minimum absolute atomic E-state index is 0.0541. The quantitative estimate of drug-likeness (QED) is 0.771. The smallest absolute Gasteiger partial charge is 0.240 e. The molecule has 0 unspecified atom stereocenters. The molecule has 2 rings (SSSR count). The van der Waals surface area contributed by atoms with Gasteiger partial charge in [-0.3, -0.25) is 4.79 Å². The number of carbonyl (C=O) groups is 1. The van der Waals surface area contributed by atoms with E-state index in [1.807, 2.05) is 0 Å². The molecule has 1 amide bonds. The molecular weight excluding hydrogens is 204 g/mol. The second-order valence-corrected chi connectivity index (χ2v) is 4.41. The molecule has 0 atom stereocenters. The van der Waals surface area contributed by atoms with Crippen LogP contribution >= 0.6 is 0 Å². The highest BCUT2D eigenvalue weighted by molar-refractivity contribution is 5.76. The average Bonchev–Trinajstić information content (AvgIpc) is 2.74. The first-order valence-corrected chi connectivity index (χ1v) is 5.75. The summed E-state index contributed by atoms with van der Waals surface area (Å²) in [5.74, 6) is 0.0541. The van der Waals surface area contributed by atoms with Crippen molar-refractivity contribution < 1.29 is 4.79 Å². The number of rotatable bonds is 3. The van der Waals surface area contributed by atoms with Gasteiger partial charge in [-0.05, 0) is 25.7 Å². The molecule has 5 nitrogen and oxygen atoms in total. The summed E-state index contributed by atoms with van der Waals surface area (Å²) in [7, 11) is 0. The Labute approximate surface area is 95.0 Å². The first-order chi connectivity index (χ1) is 7.74. The van der Waals surface area contributed by atoms with Crippen LogP contribution in [-0.2, 0) is 11.3 Å². The van der Waals surface area contributed by atoms with E-state index in [4.69, 9.17) is 5.73 Å². The molecule has 0 aliphatic heterocycles. The van der Waals surface area contributed by atoms with Gasteiger partial charge in [-0.25, -0.2) is 4.98 Å². The summed E-state index contributed by atoms with van der Waals surface area (Å²) < 4.78 is 1.77. The minimum Gasteiger partial charge on any atom is -0.352 e. The maximum Gasteiger partial charge on any atom is 0.240 e. The molecule has 1 fully saturated rings. The lowest BCUT2D eigenvalue weighted by atomic mass is 9.92. The molecule has 1 aromatic heterocycles. The van der Waals surface area contributed by atoms with Gasteiger partial charge in [-0.1, -0.05) is 0 Å². The van der Waals surface area contributed by atoms with Crippen LogP contribution in [0.3, 0.4) is 0 Å². The molecule has 1 aromatic rings. The zero-order chi connectivity index (χ0) is 11.4. The molecule has 0 saturated heterocycles. The topological polar surface area (TPSA) is 72.9 Å². The molecule has 16 heavy (non-hydrogen) atoms. The third-order valence-corrected chi connectivity index (χ3v) is 3.02. The van der Waals surface area contributed by atoms with E-state index in [0.29, 0.717) is 18.6 Å². The number of hydrogen-bond donors (Lipinski definition) is 2. The second kappa shape index (κ2) is 5.12. The Kier molecular flexibility index (Phi) is 3.56. The molecule has 0 aromatic carbocycles. The molecule has 88 valence electrons. The Morgan fingerprint density at radius 3 is 2.81 bits per heavy atom. The van der Waals surface area contributed by atoms with Crippen LogP contribution < -0.4 is 11.1 Å². The van der Waals surface area contributed by atoms with Crippen LogP contribution in [0.25, 0.3) is 0 Å². The molecule has 0 spiro atoms. The lowest BCUT2D eigenvalue weighted by molar-refractivity contribution is -0.122. The Morgan fingerprint density at radius 1 is 1.44 bits per heavy atom. The van der Waals surface area contributed by atoms with Crippen LogP contribution in [-0.4, -0.2) is 27.5 Å². The van der Waals surface area contributed by atoms with Crippen molar-refractivity contribution in [3.05, 3.63) is 18.7 Å². The van der Waals surface area contributed by atoms with Crippen LogP contribution in [0.1, 0.15) is 25.7 Å². The van der Waals surface area contributed by atoms with E-state index in [0.717, 1.165) is 25.7 Å². The van der Waals surface area contributed by atoms with Gasteiger partial charge in [0.05, 0.1) is 6.33 Å². The van der Waals surface area contributed by atoms with Crippen molar-refractivity contribution in [3.63, 3.8) is 0 Å². The number of carbonyl (C=O) groups excluding carboxylic acids is 1. The van der Waals surface area contributed by atoms with Gasteiger partial charge in [0, 0.05) is 24.5 Å². The van der Waals surface area contributed by atoms with E-state index in [1.165, 1.54) is 0 Å². The van der Waals surface area contributed by atoms with Crippen molar-refractivity contribution >= 4 is 5.91 Å². The summed E-state index contributed by atoms with van der Waals surface area (Å²) in [4.78, 5) is 15.6. The zero-order valence-corrected chi connectivity index (χ0v) is 9.30. The van der Waals surface area contributed by atoms with Crippen LogP contribution in [0.2, 0.25) is 0 Å². The number of nitrogens with two attached hydrogens (primary N) is 1. The predicted octanol–water partition coefficient (Wildman–Crippen LogP) is 0.269. The van der Waals surface area contributed by atoms with Crippen LogP contribution in [0, 0.1) is 0 Å². The SMILES string of the molecule is NC1CCC(NC(=O)Cn2ccnc2)CC1. The number of hydrogen-bond acceptors (Lipinski definition) is 3. The van der Waals surface area contributed by atoms with Gasteiger partial charge in [0.2, 0.25) is 5.91 Å². The van der Waals surface area contributed by atoms with Crippen LogP contribution in [0.4, 0.5) is 0 Å². The molecule has 1 aliphatic carbocycles. The predicted molar refractivity (Wildman–Crippen MR) is 60.6 cm³/mol. The largest absolute Gasteiger partial charge is 0.352 e. The molecule has 0 radical (unpaired) electrons. The van der Waals surface area contributed by atoms with Crippen molar-refractivity contribution in [2.45, 2.75) is 44.3 Å². The van der Waals surface area contributed by atoms with E-state index in [9.17, 15) is 4.79 Å². The number of amides is 1. The highest BCUT2D eigenvalue weighted by Crippen LogP contribution is 2.16. The number of imidazole rings is 1. The van der Waals surface area contributed by atoms with Crippen LogP contribution in [0.5, 0.6) is 0 Å². The van der Waals surface area contributed by atoms with Gasteiger partial charge in [0.1, 0.15) is 6.54 Å². The van der Waals surface area contributed by atoms with E-state index in [2.05, 4.69) is 10.3 Å². The molecule has 0 bridgehead atoms. The lowest BCUT2D eigenvalue weighted by Gasteiger charge is -2.26. The van der Waals surface area contributed by atoms with Gasteiger partial charge < -0.3 is 15.6 Å². The number of nitrogens with zero attached hydrogens (tertiary/aromatic N) is 2. The minimum atomic E-state index is 0.0541. The Balaban J connectivity index is 1.75. The zero-order valence-electron chi connectivity index (χ0n) is 9.30. The van der Waals surface area contributed by atoms with E-state index in [-0.39, 0.29) is 5.91 Å². The summed E-state index contributed by atoms with van der Waals surface area (Å²) >= 11 is 0. The van der Waals surface area contributed by atoms with E-state index in [1.54, 1.807) is 23.3 Å². The Morgan fingerprint density at radius 2 is 2.19 bits per heavy atom. The maximum atomic E-state index is 11.7. The molecular formula is C11H18N4O. The highest BCUT2D eigenvalue weighted by Gasteiger charge is 2.19. The van der Waals surface area contributed by atoms with Crippen molar-refractivity contribution in [2.24, 2.45) is 5.73 Å². The van der Waals surface area contributed by atoms with E-state index < -0.39 is 0 Å². The third kappa shape index (κ3) is 3.06. The molecule has 1 saturated carbocycles. The summed E-state index contributed by atoms with van der Waals surface area (Å²) in [5, 5.41) is 3.03. The van der Waals surface area contributed by atoms with Crippen LogP contribution in [0.15, 0.2) is 18.7 Å². The molecule has 3 N–H and O–H groups in total. The van der Waals surface area contributed by atoms with E-state index >= 15 is 0 Å².